The predicted molar refractivity (Wildman–Crippen MR) is 101 cm³/mol. The van der Waals surface area contributed by atoms with Crippen LogP contribution in [0.3, 0.4) is 0 Å². The summed E-state index contributed by atoms with van der Waals surface area (Å²) in [6.07, 6.45) is 0. The highest BCUT2D eigenvalue weighted by atomic mass is 19.1. The van der Waals surface area contributed by atoms with Crippen molar-refractivity contribution in [3.63, 3.8) is 0 Å². The van der Waals surface area contributed by atoms with Gasteiger partial charge in [0.2, 0.25) is 5.89 Å². The normalized spacial score (nSPS) is 14.6. The van der Waals surface area contributed by atoms with Crippen LogP contribution in [0.15, 0.2) is 59.0 Å². The molecule has 3 aromatic rings. The molecule has 0 aliphatic carbocycles. The van der Waals surface area contributed by atoms with Crippen LogP contribution in [0.5, 0.6) is 0 Å². The van der Waals surface area contributed by atoms with Gasteiger partial charge in [-0.05, 0) is 43.3 Å². The summed E-state index contributed by atoms with van der Waals surface area (Å²) in [4.78, 5) is 32.4. The molecule has 0 N–H and O–H groups in total. The van der Waals surface area contributed by atoms with Crippen LogP contribution in [0.25, 0.3) is 11.5 Å². The minimum absolute atomic E-state index is 0.198. The van der Waals surface area contributed by atoms with E-state index in [0.717, 1.165) is 5.56 Å². The maximum Gasteiger partial charge on any atom is 0.316 e. The van der Waals surface area contributed by atoms with Crippen molar-refractivity contribution in [1.29, 1.82) is 0 Å². The molecule has 0 bridgehead atoms. The van der Waals surface area contributed by atoms with Gasteiger partial charge in [0.15, 0.2) is 0 Å². The molecule has 0 spiro atoms. The first-order valence-corrected chi connectivity index (χ1v) is 8.91. The van der Waals surface area contributed by atoms with E-state index in [4.69, 9.17) is 4.42 Å². The number of carbonyl (C=O) groups excluding carboxylic acids is 2. The van der Waals surface area contributed by atoms with Crippen LogP contribution >= 0.6 is 0 Å². The van der Waals surface area contributed by atoms with Crippen molar-refractivity contribution < 1.29 is 18.4 Å². The average Bonchev–Trinajstić information content (AvgIpc) is 3.08. The molecule has 0 unspecified atom stereocenters. The fourth-order valence-electron chi connectivity index (χ4n) is 3.15. The highest BCUT2D eigenvalue weighted by Crippen LogP contribution is 2.24. The van der Waals surface area contributed by atoms with Crippen molar-refractivity contribution >= 4 is 17.5 Å². The van der Waals surface area contributed by atoms with Crippen molar-refractivity contribution in [2.24, 2.45) is 0 Å². The van der Waals surface area contributed by atoms with Crippen LogP contribution in [0, 0.1) is 12.7 Å². The molecule has 1 aliphatic rings. The molecule has 1 aromatic heterocycles. The molecule has 2 heterocycles. The number of oxazole rings is 1. The molecule has 142 valence electrons. The molecular formula is C21H18FN3O3. The standard InChI is InChI=1S/C21H18FN3O3/c1-14-18(23-19(28-14)15-5-3-2-4-6-15)13-24-11-12-25(21(27)20(24)26)17-9-7-16(22)8-10-17/h2-10H,11-13H2,1H3. The summed E-state index contributed by atoms with van der Waals surface area (Å²) >= 11 is 0. The van der Waals surface area contributed by atoms with Crippen LogP contribution < -0.4 is 4.90 Å². The Kier molecular flexibility index (Phi) is 4.65. The molecule has 0 saturated carbocycles. The van der Waals surface area contributed by atoms with Gasteiger partial charge >= 0.3 is 11.8 Å². The van der Waals surface area contributed by atoms with Gasteiger partial charge in [0.1, 0.15) is 17.3 Å². The zero-order chi connectivity index (χ0) is 19.7. The molecular weight excluding hydrogens is 361 g/mol. The lowest BCUT2D eigenvalue weighted by Crippen LogP contribution is -2.54. The molecule has 6 nitrogen and oxygen atoms in total. The van der Waals surface area contributed by atoms with E-state index in [1.54, 1.807) is 6.92 Å². The minimum Gasteiger partial charge on any atom is -0.441 e. The molecule has 1 fully saturated rings. The quantitative estimate of drug-likeness (QED) is 0.653. The van der Waals surface area contributed by atoms with E-state index in [1.165, 1.54) is 34.1 Å². The number of piperazine rings is 1. The summed E-state index contributed by atoms with van der Waals surface area (Å²) in [6, 6.07) is 15.0. The lowest BCUT2D eigenvalue weighted by Gasteiger charge is -2.33. The maximum atomic E-state index is 13.1. The monoisotopic (exact) mass is 379 g/mol. The fourth-order valence-corrected chi connectivity index (χ4v) is 3.15. The molecule has 2 aromatic carbocycles. The topological polar surface area (TPSA) is 66.7 Å². The first-order valence-electron chi connectivity index (χ1n) is 8.91. The first kappa shape index (κ1) is 17.9. The van der Waals surface area contributed by atoms with E-state index in [0.29, 0.717) is 36.1 Å². The third kappa shape index (κ3) is 3.38. The van der Waals surface area contributed by atoms with Crippen LogP contribution in [0.2, 0.25) is 0 Å². The Morgan fingerprint density at radius 2 is 1.71 bits per heavy atom. The van der Waals surface area contributed by atoms with E-state index >= 15 is 0 Å². The molecule has 2 amide bonds. The minimum atomic E-state index is -0.637. The largest absolute Gasteiger partial charge is 0.441 e. The van der Waals surface area contributed by atoms with Gasteiger partial charge in [-0.15, -0.1) is 0 Å². The Bertz CT molecular complexity index is 1020. The van der Waals surface area contributed by atoms with Gasteiger partial charge in [-0.1, -0.05) is 18.2 Å². The highest BCUT2D eigenvalue weighted by molar-refractivity contribution is 6.40. The van der Waals surface area contributed by atoms with Gasteiger partial charge in [0, 0.05) is 24.3 Å². The second-order valence-corrected chi connectivity index (χ2v) is 6.55. The summed E-state index contributed by atoms with van der Waals surface area (Å²) in [7, 11) is 0. The van der Waals surface area contributed by atoms with Gasteiger partial charge in [0.05, 0.1) is 6.54 Å². The van der Waals surface area contributed by atoms with Gasteiger partial charge in [-0.25, -0.2) is 9.37 Å². The molecule has 7 heteroatoms. The zero-order valence-electron chi connectivity index (χ0n) is 15.3. The van der Waals surface area contributed by atoms with Crippen molar-refractivity contribution in [2.45, 2.75) is 13.5 Å². The molecule has 1 saturated heterocycles. The van der Waals surface area contributed by atoms with Gasteiger partial charge < -0.3 is 14.2 Å². The van der Waals surface area contributed by atoms with Crippen LogP contribution in [-0.2, 0) is 16.1 Å². The molecule has 0 radical (unpaired) electrons. The summed E-state index contributed by atoms with van der Waals surface area (Å²) in [5.41, 5.74) is 1.97. The summed E-state index contributed by atoms with van der Waals surface area (Å²) in [5, 5.41) is 0. The number of rotatable bonds is 4. The average molecular weight is 379 g/mol. The third-order valence-corrected chi connectivity index (χ3v) is 4.70. The number of halogens is 1. The number of hydrogen-bond donors (Lipinski definition) is 0. The first-order chi connectivity index (χ1) is 13.5. The smallest absolute Gasteiger partial charge is 0.316 e. The number of carbonyl (C=O) groups is 2. The van der Waals surface area contributed by atoms with E-state index < -0.39 is 17.6 Å². The van der Waals surface area contributed by atoms with Gasteiger partial charge in [-0.2, -0.15) is 0 Å². The number of benzene rings is 2. The summed E-state index contributed by atoms with van der Waals surface area (Å²) in [5.74, 6) is -0.546. The maximum absolute atomic E-state index is 13.1. The van der Waals surface area contributed by atoms with Gasteiger partial charge in [-0.3, -0.25) is 9.59 Å². The molecule has 28 heavy (non-hydrogen) atoms. The second kappa shape index (κ2) is 7.26. The SMILES string of the molecule is Cc1oc(-c2ccccc2)nc1CN1CCN(c2ccc(F)cc2)C(=O)C1=O. The number of anilines is 1. The number of amides is 2. The third-order valence-electron chi connectivity index (χ3n) is 4.70. The Morgan fingerprint density at radius 3 is 2.43 bits per heavy atom. The highest BCUT2D eigenvalue weighted by Gasteiger charge is 2.34. The van der Waals surface area contributed by atoms with Crippen molar-refractivity contribution in [3.8, 4) is 11.5 Å². The fraction of sp³-hybridized carbons (Fsp3) is 0.190. The van der Waals surface area contributed by atoms with E-state index in [-0.39, 0.29) is 6.54 Å². The zero-order valence-corrected chi connectivity index (χ0v) is 15.3. The number of aryl methyl sites for hydroxylation is 1. The van der Waals surface area contributed by atoms with Crippen molar-refractivity contribution in [1.82, 2.24) is 9.88 Å². The Morgan fingerprint density at radius 1 is 1.00 bits per heavy atom. The predicted octanol–water partition coefficient (Wildman–Crippen LogP) is 3.16. The lowest BCUT2D eigenvalue weighted by molar-refractivity contribution is -0.146. The van der Waals surface area contributed by atoms with Crippen molar-refractivity contribution in [3.05, 3.63) is 71.9 Å². The Balaban J connectivity index is 1.50. The van der Waals surface area contributed by atoms with Crippen LogP contribution in [0.4, 0.5) is 10.1 Å². The van der Waals surface area contributed by atoms with E-state index in [2.05, 4.69) is 4.98 Å². The molecule has 4 rings (SSSR count). The Hall–Kier alpha value is -3.48. The van der Waals surface area contributed by atoms with Crippen LogP contribution in [-0.4, -0.2) is 34.8 Å². The van der Waals surface area contributed by atoms with E-state index in [9.17, 15) is 14.0 Å². The number of nitrogens with zero attached hydrogens (tertiary/aromatic N) is 3. The Labute approximate surface area is 161 Å². The number of aromatic nitrogens is 1. The van der Waals surface area contributed by atoms with E-state index in [1.807, 2.05) is 30.3 Å². The van der Waals surface area contributed by atoms with Crippen molar-refractivity contribution in [2.75, 3.05) is 18.0 Å². The van der Waals surface area contributed by atoms with Gasteiger partial charge in [0.25, 0.3) is 0 Å². The number of hydrogen-bond acceptors (Lipinski definition) is 4. The lowest BCUT2D eigenvalue weighted by atomic mass is 10.2. The molecule has 1 aliphatic heterocycles. The second-order valence-electron chi connectivity index (χ2n) is 6.55. The summed E-state index contributed by atoms with van der Waals surface area (Å²) < 4.78 is 18.8. The van der Waals surface area contributed by atoms with Crippen LogP contribution in [0.1, 0.15) is 11.5 Å². The molecule has 0 atom stereocenters. The summed E-state index contributed by atoms with van der Waals surface area (Å²) in [6.45, 7) is 2.67.